The zero-order chi connectivity index (χ0) is 26.4. The lowest BCUT2D eigenvalue weighted by Crippen LogP contribution is -2.44. The second-order valence-corrected chi connectivity index (χ2v) is 10.8. The molecular formula is C28H53N3O4. The second-order valence-electron chi connectivity index (χ2n) is 10.8. The first kappa shape index (κ1) is 31.6. The fraction of sp³-hybridized carbons (Fsp3) is 0.893. The predicted molar refractivity (Wildman–Crippen MR) is 142 cm³/mol. The molecule has 2 unspecified atom stereocenters. The molecule has 1 aliphatic rings. The van der Waals surface area contributed by atoms with Crippen molar-refractivity contribution >= 4 is 17.7 Å². The Bertz CT molecular complexity index is 638. The second kappa shape index (κ2) is 17.1. The van der Waals surface area contributed by atoms with Gasteiger partial charge in [0.2, 0.25) is 5.91 Å². The van der Waals surface area contributed by atoms with Crippen LogP contribution in [-0.2, 0) is 19.1 Å². The van der Waals surface area contributed by atoms with E-state index in [1.165, 1.54) is 0 Å². The summed E-state index contributed by atoms with van der Waals surface area (Å²) in [7, 11) is 2.13. The van der Waals surface area contributed by atoms with Crippen LogP contribution in [0.5, 0.6) is 0 Å². The highest BCUT2D eigenvalue weighted by molar-refractivity contribution is 6.00. The van der Waals surface area contributed by atoms with E-state index in [4.69, 9.17) is 4.74 Å². The first-order valence-electron chi connectivity index (χ1n) is 14.0. The monoisotopic (exact) mass is 495 g/mol. The summed E-state index contributed by atoms with van der Waals surface area (Å²) in [6, 6.07) is 0. The average Bonchev–Trinajstić information content (AvgIpc) is 2.80. The van der Waals surface area contributed by atoms with E-state index in [0.29, 0.717) is 50.9 Å². The molecule has 0 aromatic carbocycles. The maximum Gasteiger partial charge on any atom is 0.316 e. The number of ether oxygens (including phenoxy) is 1. The molecule has 0 spiro atoms. The number of carbonyl (C=O) groups is 3. The number of cyclic esters (lactones) is 1. The van der Waals surface area contributed by atoms with Crippen LogP contribution in [0.3, 0.4) is 0 Å². The number of hydrogen-bond donors (Lipinski definition) is 0. The molecule has 0 aromatic heterocycles. The molecule has 7 heteroatoms. The highest BCUT2D eigenvalue weighted by atomic mass is 16.5. The summed E-state index contributed by atoms with van der Waals surface area (Å²) in [4.78, 5) is 45.4. The average molecular weight is 496 g/mol. The number of rotatable bonds is 6. The van der Waals surface area contributed by atoms with Crippen LogP contribution in [0, 0.1) is 23.7 Å². The van der Waals surface area contributed by atoms with E-state index < -0.39 is 5.92 Å². The standard InChI is InChI=1S/C28H53N3O4/c1-8-13-25-27(33)24(6)19-22(4)18-23(5)20-29(7)15-16-31(14-11-12-17-35-28(25)34)26(32)21-30(9-2)10-3/h22-25H,8-21H2,1-7H3/t22-,23-,24?,25?/m1/s1. The van der Waals surface area contributed by atoms with Crippen molar-refractivity contribution in [2.24, 2.45) is 23.7 Å². The highest BCUT2D eigenvalue weighted by Crippen LogP contribution is 2.25. The summed E-state index contributed by atoms with van der Waals surface area (Å²) in [5.41, 5.74) is 0. The minimum atomic E-state index is -0.656. The number of ketones is 1. The molecule has 1 aliphatic heterocycles. The van der Waals surface area contributed by atoms with Gasteiger partial charge in [-0.15, -0.1) is 0 Å². The third kappa shape index (κ3) is 11.9. The minimum absolute atomic E-state index is 0.0303. The lowest BCUT2D eigenvalue weighted by Gasteiger charge is -2.30. The first-order chi connectivity index (χ1) is 16.6. The van der Waals surface area contributed by atoms with Crippen LogP contribution in [0.4, 0.5) is 0 Å². The molecule has 0 radical (unpaired) electrons. The SMILES string of the molecule is CCCC1C(=O)OCCCCN(C(=O)CN(CC)CC)CCN(C)C[C@H](C)C[C@@H](C)CC(C)C1=O. The van der Waals surface area contributed by atoms with E-state index in [9.17, 15) is 14.4 Å². The Hall–Kier alpha value is -1.47. The summed E-state index contributed by atoms with van der Waals surface area (Å²) >= 11 is 0. The largest absolute Gasteiger partial charge is 0.465 e. The third-order valence-corrected chi connectivity index (χ3v) is 7.30. The molecule has 1 heterocycles. The molecule has 1 amide bonds. The summed E-state index contributed by atoms with van der Waals surface area (Å²) in [5.74, 6) is -0.0726. The first-order valence-corrected chi connectivity index (χ1v) is 14.0. The van der Waals surface area contributed by atoms with Gasteiger partial charge in [-0.3, -0.25) is 19.3 Å². The van der Waals surface area contributed by atoms with Crippen LogP contribution in [0.25, 0.3) is 0 Å². The van der Waals surface area contributed by atoms with E-state index in [2.05, 4.69) is 44.5 Å². The van der Waals surface area contributed by atoms with E-state index in [-0.39, 0.29) is 23.6 Å². The number of carbonyl (C=O) groups excluding carboxylic acids is 3. The maximum atomic E-state index is 13.1. The lowest BCUT2D eigenvalue weighted by molar-refractivity contribution is -0.153. The van der Waals surface area contributed by atoms with Crippen molar-refractivity contribution in [3.05, 3.63) is 0 Å². The molecule has 7 nitrogen and oxygen atoms in total. The molecule has 1 rings (SSSR count). The molecule has 0 saturated carbocycles. The summed E-state index contributed by atoms with van der Waals surface area (Å²) in [6.45, 7) is 18.2. The van der Waals surface area contributed by atoms with E-state index in [1.807, 2.05) is 18.7 Å². The Balaban J connectivity index is 2.94. The van der Waals surface area contributed by atoms with Crippen LogP contribution in [-0.4, -0.2) is 91.8 Å². The number of hydrogen-bond acceptors (Lipinski definition) is 6. The van der Waals surface area contributed by atoms with Crippen LogP contribution < -0.4 is 0 Å². The highest BCUT2D eigenvalue weighted by Gasteiger charge is 2.31. The van der Waals surface area contributed by atoms with Crippen molar-refractivity contribution in [3.8, 4) is 0 Å². The normalized spacial score (nSPS) is 27.4. The minimum Gasteiger partial charge on any atom is -0.465 e. The van der Waals surface area contributed by atoms with Gasteiger partial charge in [0, 0.05) is 32.1 Å². The maximum absolute atomic E-state index is 13.1. The Kier molecular flexibility index (Phi) is 15.4. The zero-order valence-electron chi connectivity index (χ0n) is 23.7. The molecular weight excluding hydrogens is 442 g/mol. The van der Waals surface area contributed by atoms with Crippen LogP contribution in [0.2, 0.25) is 0 Å². The number of nitrogens with zero attached hydrogens (tertiary/aromatic N) is 3. The molecule has 1 fully saturated rings. The molecule has 0 N–H and O–H groups in total. The smallest absolute Gasteiger partial charge is 0.316 e. The molecule has 204 valence electrons. The fourth-order valence-electron chi connectivity index (χ4n) is 5.28. The van der Waals surface area contributed by atoms with Crippen molar-refractivity contribution < 1.29 is 19.1 Å². The number of esters is 1. The van der Waals surface area contributed by atoms with Crippen molar-refractivity contribution in [1.29, 1.82) is 0 Å². The third-order valence-electron chi connectivity index (χ3n) is 7.30. The summed E-state index contributed by atoms with van der Waals surface area (Å²) in [5, 5.41) is 0. The Morgan fingerprint density at radius 2 is 1.66 bits per heavy atom. The topological polar surface area (TPSA) is 70.2 Å². The Morgan fingerprint density at radius 3 is 2.29 bits per heavy atom. The molecule has 0 aromatic rings. The molecule has 0 aliphatic carbocycles. The predicted octanol–water partition coefficient (Wildman–Crippen LogP) is 4.10. The number of likely N-dealkylation sites (N-methyl/N-ethyl adjacent to an activating group) is 2. The van der Waals surface area contributed by atoms with Gasteiger partial charge in [0.1, 0.15) is 11.7 Å². The van der Waals surface area contributed by atoms with Crippen molar-refractivity contribution in [1.82, 2.24) is 14.7 Å². The van der Waals surface area contributed by atoms with Gasteiger partial charge < -0.3 is 14.5 Å². The summed E-state index contributed by atoms with van der Waals surface area (Å²) in [6.07, 6.45) is 4.63. The molecule has 35 heavy (non-hydrogen) atoms. The van der Waals surface area contributed by atoms with Crippen LogP contribution >= 0.6 is 0 Å². The van der Waals surface area contributed by atoms with Crippen molar-refractivity contribution in [3.63, 3.8) is 0 Å². The lowest BCUT2D eigenvalue weighted by atomic mass is 9.83. The van der Waals surface area contributed by atoms with Gasteiger partial charge in [-0.05, 0) is 64.1 Å². The van der Waals surface area contributed by atoms with E-state index in [0.717, 1.165) is 51.9 Å². The van der Waals surface area contributed by atoms with Gasteiger partial charge in [-0.1, -0.05) is 48.0 Å². The molecule has 1 saturated heterocycles. The Labute approximate surface area is 214 Å². The molecule has 4 atom stereocenters. The van der Waals surface area contributed by atoms with Crippen LogP contribution in [0.1, 0.15) is 80.1 Å². The van der Waals surface area contributed by atoms with Gasteiger partial charge in [0.05, 0.1) is 13.2 Å². The van der Waals surface area contributed by atoms with Gasteiger partial charge in [-0.25, -0.2) is 0 Å². The van der Waals surface area contributed by atoms with Crippen molar-refractivity contribution in [2.75, 3.05) is 59.5 Å². The van der Waals surface area contributed by atoms with Gasteiger partial charge >= 0.3 is 5.97 Å². The van der Waals surface area contributed by atoms with E-state index in [1.54, 1.807) is 0 Å². The van der Waals surface area contributed by atoms with Gasteiger partial charge in [0.15, 0.2) is 0 Å². The van der Waals surface area contributed by atoms with Crippen LogP contribution in [0.15, 0.2) is 0 Å². The van der Waals surface area contributed by atoms with Gasteiger partial charge in [0.25, 0.3) is 0 Å². The zero-order valence-corrected chi connectivity index (χ0v) is 23.7. The quantitative estimate of drug-likeness (QED) is 0.408. The van der Waals surface area contributed by atoms with Crippen molar-refractivity contribution in [2.45, 2.75) is 80.1 Å². The van der Waals surface area contributed by atoms with Gasteiger partial charge in [-0.2, -0.15) is 0 Å². The number of Topliss-reactive ketones (excluding diaryl/α,β-unsaturated/α-hetero) is 1. The van der Waals surface area contributed by atoms with E-state index >= 15 is 0 Å². The fourth-order valence-corrected chi connectivity index (χ4v) is 5.28. The summed E-state index contributed by atoms with van der Waals surface area (Å²) < 4.78 is 5.55. The molecule has 0 bridgehead atoms. The number of amides is 1. The Morgan fingerprint density at radius 1 is 0.971 bits per heavy atom.